The van der Waals surface area contributed by atoms with Crippen molar-refractivity contribution in [2.24, 2.45) is 0 Å². The van der Waals surface area contributed by atoms with Crippen molar-refractivity contribution in [1.82, 2.24) is 4.90 Å². The van der Waals surface area contributed by atoms with Gasteiger partial charge in [0, 0.05) is 30.3 Å². The summed E-state index contributed by atoms with van der Waals surface area (Å²) in [7, 11) is 0. The van der Waals surface area contributed by atoms with E-state index >= 15 is 0 Å². The van der Waals surface area contributed by atoms with Crippen LogP contribution in [0.15, 0.2) is 18.2 Å². The molecule has 102 valence electrons. The Bertz CT molecular complexity index is 539. The van der Waals surface area contributed by atoms with Crippen molar-refractivity contribution >= 4 is 11.6 Å². The maximum Gasteiger partial charge on any atom is 0.273 e. The van der Waals surface area contributed by atoms with Crippen LogP contribution in [0.5, 0.6) is 0 Å². The molecule has 0 aromatic heterocycles. The molecule has 0 radical (unpaired) electrons. The second-order valence-electron chi connectivity index (χ2n) is 5.18. The van der Waals surface area contributed by atoms with E-state index in [2.05, 4.69) is 0 Å². The fraction of sp³-hybridized carbons (Fsp3) is 0.462. The minimum atomic E-state index is -0.871. The predicted molar refractivity (Wildman–Crippen MR) is 69.0 cm³/mol. The van der Waals surface area contributed by atoms with Crippen LogP contribution in [0.1, 0.15) is 29.3 Å². The summed E-state index contributed by atoms with van der Waals surface area (Å²) in [5, 5.41) is 20.7. The molecule has 1 heterocycles. The summed E-state index contributed by atoms with van der Waals surface area (Å²) in [6.45, 7) is 3.97. The highest BCUT2D eigenvalue weighted by Gasteiger charge is 2.35. The van der Waals surface area contributed by atoms with E-state index in [4.69, 9.17) is 0 Å². The third-order valence-electron chi connectivity index (χ3n) is 3.47. The van der Waals surface area contributed by atoms with Gasteiger partial charge in [0.2, 0.25) is 0 Å². The van der Waals surface area contributed by atoms with Crippen molar-refractivity contribution in [3.05, 3.63) is 39.4 Å². The lowest BCUT2D eigenvalue weighted by Crippen LogP contribution is -2.34. The van der Waals surface area contributed by atoms with E-state index in [1.807, 2.05) is 0 Å². The van der Waals surface area contributed by atoms with Crippen LogP contribution >= 0.6 is 0 Å². The Morgan fingerprint density at radius 3 is 2.74 bits per heavy atom. The molecular formula is C13H16N2O4. The number of likely N-dealkylation sites (tertiary alicyclic amines) is 1. The number of hydrogen-bond acceptors (Lipinski definition) is 4. The fourth-order valence-electron chi connectivity index (χ4n) is 2.34. The smallest absolute Gasteiger partial charge is 0.273 e. The predicted octanol–water partition coefficient (Wildman–Crippen LogP) is 1.50. The minimum absolute atomic E-state index is 0.0585. The standard InChI is InChI=1S/C13H16N2O4/c1-9-10(4-3-5-11(9)15(18)19)12(16)14-7-6-13(2,17)8-14/h3-5,17H,6-8H2,1-2H3. The van der Waals surface area contributed by atoms with Gasteiger partial charge < -0.3 is 10.0 Å². The largest absolute Gasteiger partial charge is 0.388 e. The summed E-state index contributed by atoms with van der Waals surface area (Å²) in [6.07, 6.45) is 0.521. The average molecular weight is 264 g/mol. The van der Waals surface area contributed by atoms with Crippen LogP contribution in [0, 0.1) is 17.0 Å². The number of nitro benzene ring substituents is 1. The van der Waals surface area contributed by atoms with Crippen molar-refractivity contribution in [3.63, 3.8) is 0 Å². The zero-order valence-electron chi connectivity index (χ0n) is 10.9. The number of nitrogens with zero attached hydrogens (tertiary/aromatic N) is 2. The highest BCUT2D eigenvalue weighted by atomic mass is 16.6. The van der Waals surface area contributed by atoms with Gasteiger partial charge in [-0.05, 0) is 26.3 Å². The van der Waals surface area contributed by atoms with Gasteiger partial charge in [-0.2, -0.15) is 0 Å². The van der Waals surface area contributed by atoms with Crippen LogP contribution in [-0.2, 0) is 0 Å². The number of rotatable bonds is 2. The molecule has 6 heteroatoms. The lowest BCUT2D eigenvalue weighted by atomic mass is 10.1. The first-order chi connectivity index (χ1) is 8.82. The highest BCUT2D eigenvalue weighted by Crippen LogP contribution is 2.26. The van der Waals surface area contributed by atoms with Crippen molar-refractivity contribution in [3.8, 4) is 0 Å². The summed E-state index contributed by atoms with van der Waals surface area (Å²) < 4.78 is 0. The van der Waals surface area contributed by atoms with E-state index in [0.717, 1.165) is 0 Å². The maximum atomic E-state index is 12.3. The van der Waals surface area contributed by atoms with Gasteiger partial charge in [-0.3, -0.25) is 14.9 Å². The van der Waals surface area contributed by atoms with Gasteiger partial charge >= 0.3 is 0 Å². The Balaban J connectivity index is 2.30. The van der Waals surface area contributed by atoms with Crippen LogP contribution in [0.25, 0.3) is 0 Å². The Kier molecular flexibility index (Phi) is 3.28. The number of aliphatic hydroxyl groups is 1. The molecule has 1 amide bonds. The molecule has 1 aliphatic rings. The van der Waals surface area contributed by atoms with Gasteiger partial charge in [-0.15, -0.1) is 0 Å². The van der Waals surface area contributed by atoms with Crippen molar-refractivity contribution in [2.45, 2.75) is 25.9 Å². The molecule has 1 aliphatic heterocycles. The topological polar surface area (TPSA) is 83.7 Å². The lowest BCUT2D eigenvalue weighted by Gasteiger charge is -2.19. The second kappa shape index (κ2) is 4.62. The summed E-state index contributed by atoms with van der Waals surface area (Å²) in [5.41, 5.74) is -0.239. The number of carbonyl (C=O) groups is 1. The van der Waals surface area contributed by atoms with Crippen molar-refractivity contribution in [2.75, 3.05) is 13.1 Å². The fourth-order valence-corrected chi connectivity index (χ4v) is 2.34. The summed E-state index contributed by atoms with van der Waals surface area (Å²) in [4.78, 5) is 24.2. The van der Waals surface area contributed by atoms with Crippen LogP contribution < -0.4 is 0 Å². The van der Waals surface area contributed by atoms with Gasteiger partial charge in [0.05, 0.1) is 10.5 Å². The quantitative estimate of drug-likeness (QED) is 0.648. The number of nitro groups is 1. The molecule has 1 saturated heterocycles. The molecule has 1 unspecified atom stereocenters. The van der Waals surface area contributed by atoms with E-state index in [-0.39, 0.29) is 18.1 Å². The molecule has 1 aromatic carbocycles. The van der Waals surface area contributed by atoms with E-state index in [1.165, 1.54) is 17.0 Å². The van der Waals surface area contributed by atoms with Crippen LogP contribution in [0.3, 0.4) is 0 Å². The SMILES string of the molecule is Cc1c(C(=O)N2CCC(C)(O)C2)cccc1[N+](=O)[O-]. The van der Waals surface area contributed by atoms with Crippen LogP contribution in [0.2, 0.25) is 0 Å². The van der Waals surface area contributed by atoms with Gasteiger partial charge in [0.25, 0.3) is 11.6 Å². The molecule has 0 bridgehead atoms. The first-order valence-corrected chi connectivity index (χ1v) is 6.07. The summed E-state index contributed by atoms with van der Waals surface area (Å²) in [5.74, 6) is -0.265. The number of β-amino-alcohol motifs (C(OH)–C–C–N with tert-alkyl or cyclic N) is 1. The van der Waals surface area contributed by atoms with E-state index in [0.29, 0.717) is 24.1 Å². The monoisotopic (exact) mass is 264 g/mol. The lowest BCUT2D eigenvalue weighted by molar-refractivity contribution is -0.385. The Morgan fingerprint density at radius 2 is 2.21 bits per heavy atom. The number of carbonyl (C=O) groups excluding carboxylic acids is 1. The van der Waals surface area contributed by atoms with Crippen molar-refractivity contribution in [1.29, 1.82) is 0 Å². The third kappa shape index (κ3) is 2.58. The molecule has 1 N–H and O–H groups in total. The molecule has 0 spiro atoms. The Hall–Kier alpha value is -1.95. The van der Waals surface area contributed by atoms with Gasteiger partial charge in [-0.25, -0.2) is 0 Å². The number of hydrogen-bond donors (Lipinski definition) is 1. The molecule has 6 nitrogen and oxygen atoms in total. The zero-order valence-corrected chi connectivity index (χ0v) is 10.9. The molecule has 1 aromatic rings. The van der Waals surface area contributed by atoms with Gasteiger partial charge in [0.1, 0.15) is 0 Å². The molecule has 0 saturated carbocycles. The molecule has 1 atom stereocenters. The third-order valence-corrected chi connectivity index (χ3v) is 3.47. The summed E-state index contributed by atoms with van der Waals surface area (Å²) >= 11 is 0. The van der Waals surface area contributed by atoms with Gasteiger partial charge in [0.15, 0.2) is 0 Å². The van der Waals surface area contributed by atoms with E-state index in [1.54, 1.807) is 19.9 Å². The molecule has 19 heavy (non-hydrogen) atoms. The number of benzene rings is 1. The second-order valence-corrected chi connectivity index (χ2v) is 5.18. The van der Waals surface area contributed by atoms with Crippen LogP contribution in [-0.4, -0.2) is 39.5 Å². The number of amides is 1. The average Bonchev–Trinajstić information content (AvgIpc) is 2.69. The van der Waals surface area contributed by atoms with Gasteiger partial charge in [-0.1, -0.05) is 6.07 Å². The van der Waals surface area contributed by atoms with E-state index < -0.39 is 10.5 Å². The first kappa shape index (κ1) is 13.5. The molecular weight excluding hydrogens is 248 g/mol. The Morgan fingerprint density at radius 1 is 1.53 bits per heavy atom. The van der Waals surface area contributed by atoms with Crippen molar-refractivity contribution < 1.29 is 14.8 Å². The van der Waals surface area contributed by atoms with Crippen LogP contribution in [0.4, 0.5) is 5.69 Å². The molecule has 1 fully saturated rings. The highest BCUT2D eigenvalue weighted by molar-refractivity contribution is 5.96. The minimum Gasteiger partial charge on any atom is -0.388 e. The molecule has 0 aliphatic carbocycles. The normalized spacial score (nSPS) is 22.6. The van der Waals surface area contributed by atoms with E-state index in [9.17, 15) is 20.0 Å². The first-order valence-electron chi connectivity index (χ1n) is 6.07. The zero-order chi connectivity index (χ0) is 14.2. The summed E-state index contributed by atoms with van der Waals surface area (Å²) in [6, 6.07) is 4.47. The molecule has 2 rings (SSSR count). The maximum absolute atomic E-state index is 12.3. The Labute approximate surface area is 110 Å².